The molecule has 6 nitrogen and oxygen atoms in total. The molecule has 0 saturated heterocycles. The molecule has 0 spiro atoms. The lowest BCUT2D eigenvalue weighted by Crippen LogP contribution is -2.28. The zero-order chi connectivity index (χ0) is 14.8. The first-order chi connectivity index (χ1) is 10.1. The number of aliphatic hydroxyl groups excluding tert-OH is 1. The summed E-state index contributed by atoms with van der Waals surface area (Å²) in [6.45, 7) is 0. The van der Waals surface area contributed by atoms with Crippen LogP contribution in [0.5, 0.6) is 0 Å². The Morgan fingerprint density at radius 3 is 2.76 bits per heavy atom. The topological polar surface area (TPSA) is 75.9 Å². The van der Waals surface area contributed by atoms with Crippen LogP contribution in [0.3, 0.4) is 0 Å². The maximum atomic E-state index is 9.55. The average molecular weight is 352 g/mol. The van der Waals surface area contributed by atoms with E-state index < -0.39 is 0 Å². The minimum atomic E-state index is -0.151. The Balaban J connectivity index is 1.76. The van der Waals surface area contributed by atoms with Gasteiger partial charge in [-0.05, 0) is 47.7 Å². The van der Waals surface area contributed by atoms with Crippen molar-refractivity contribution in [3.8, 4) is 11.3 Å². The summed E-state index contributed by atoms with van der Waals surface area (Å²) in [5.41, 5.74) is 1.78. The second-order valence-electron chi connectivity index (χ2n) is 5.39. The molecule has 0 radical (unpaired) electrons. The number of anilines is 1. The first-order valence-corrected chi connectivity index (χ1v) is 7.88. The molecule has 112 valence electrons. The van der Waals surface area contributed by atoms with Gasteiger partial charge < -0.3 is 10.4 Å². The third-order valence-corrected chi connectivity index (χ3v) is 4.77. The number of aliphatic hydroxyl groups is 1. The molecule has 0 unspecified atom stereocenters. The first kappa shape index (κ1) is 14.5. The highest BCUT2D eigenvalue weighted by atomic mass is 79.9. The smallest absolute Gasteiger partial charge is 0.223 e. The molecule has 1 fully saturated rings. The van der Waals surface area contributed by atoms with Crippen LogP contribution < -0.4 is 5.32 Å². The standard InChI is InChI=1S/C14H18BrN5O/c1-20-13(15)11(8-17-20)12-6-7-16-14(19-12)18-9-2-4-10(21)5-3-9/h6-10,21H,2-5H2,1H3,(H,16,18,19)/t9-,10-. The summed E-state index contributed by atoms with van der Waals surface area (Å²) in [6, 6.07) is 2.21. The fourth-order valence-corrected chi connectivity index (χ4v) is 2.97. The highest BCUT2D eigenvalue weighted by Gasteiger charge is 2.20. The van der Waals surface area contributed by atoms with E-state index in [0.717, 1.165) is 41.5 Å². The van der Waals surface area contributed by atoms with Crippen LogP contribution in [0.1, 0.15) is 25.7 Å². The molecule has 0 aromatic carbocycles. The van der Waals surface area contributed by atoms with Crippen molar-refractivity contribution in [2.45, 2.75) is 37.8 Å². The van der Waals surface area contributed by atoms with Crippen molar-refractivity contribution in [1.29, 1.82) is 0 Å². The van der Waals surface area contributed by atoms with Crippen molar-refractivity contribution >= 4 is 21.9 Å². The van der Waals surface area contributed by atoms with Gasteiger partial charge in [0.15, 0.2) is 0 Å². The lowest BCUT2D eigenvalue weighted by atomic mass is 9.93. The minimum Gasteiger partial charge on any atom is -0.393 e. The number of hydrogen-bond donors (Lipinski definition) is 2. The Morgan fingerprint density at radius 1 is 1.33 bits per heavy atom. The Kier molecular flexibility index (Phi) is 4.21. The zero-order valence-electron chi connectivity index (χ0n) is 11.8. The number of aromatic nitrogens is 4. The summed E-state index contributed by atoms with van der Waals surface area (Å²) in [7, 11) is 1.88. The van der Waals surface area contributed by atoms with E-state index in [2.05, 4.69) is 36.3 Å². The number of hydrogen-bond acceptors (Lipinski definition) is 5. The van der Waals surface area contributed by atoms with E-state index in [-0.39, 0.29) is 6.10 Å². The number of halogens is 1. The van der Waals surface area contributed by atoms with E-state index in [1.807, 2.05) is 13.1 Å². The molecule has 1 aliphatic rings. The van der Waals surface area contributed by atoms with Gasteiger partial charge in [0.25, 0.3) is 0 Å². The predicted molar refractivity (Wildman–Crippen MR) is 83.8 cm³/mol. The minimum absolute atomic E-state index is 0.151. The molecule has 0 aliphatic heterocycles. The quantitative estimate of drug-likeness (QED) is 0.887. The van der Waals surface area contributed by atoms with E-state index in [1.54, 1.807) is 17.1 Å². The summed E-state index contributed by atoms with van der Waals surface area (Å²) in [4.78, 5) is 8.85. The Bertz CT molecular complexity index is 622. The summed E-state index contributed by atoms with van der Waals surface area (Å²) >= 11 is 3.51. The summed E-state index contributed by atoms with van der Waals surface area (Å²) in [5.74, 6) is 0.629. The van der Waals surface area contributed by atoms with Crippen molar-refractivity contribution < 1.29 is 5.11 Å². The molecule has 21 heavy (non-hydrogen) atoms. The van der Waals surface area contributed by atoms with Gasteiger partial charge in [-0.3, -0.25) is 4.68 Å². The van der Waals surface area contributed by atoms with Crippen molar-refractivity contribution in [2.24, 2.45) is 7.05 Å². The van der Waals surface area contributed by atoms with E-state index >= 15 is 0 Å². The van der Waals surface area contributed by atoms with E-state index in [9.17, 15) is 5.11 Å². The van der Waals surface area contributed by atoms with Crippen molar-refractivity contribution in [3.63, 3.8) is 0 Å². The van der Waals surface area contributed by atoms with Gasteiger partial charge in [-0.2, -0.15) is 5.10 Å². The van der Waals surface area contributed by atoms with Gasteiger partial charge >= 0.3 is 0 Å². The summed E-state index contributed by atoms with van der Waals surface area (Å²) in [6.07, 6.45) is 6.96. The molecule has 0 amide bonds. The molecule has 1 aliphatic carbocycles. The van der Waals surface area contributed by atoms with Crippen LogP contribution in [0.4, 0.5) is 5.95 Å². The van der Waals surface area contributed by atoms with Crippen LogP contribution in [0.15, 0.2) is 23.1 Å². The van der Waals surface area contributed by atoms with E-state index in [1.165, 1.54) is 0 Å². The molecule has 0 atom stereocenters. The normalized spacial score (nSPS) is 22.2. The van der Waals surface area contributed by atoms with Gasteiger partial charge in [0, 0.05) is 19.3 Å². The molecule has 3 rings (SSSR count). The monoisotopic (exact) mass is 351 g/mol. The number of nitrogens with zero attached hydrogens (tertiary/aromatic N) is 4. The largest absolute Gasteiger partial charge is 0.393 e. The molecule has 1 saturated carbocycles. The highest BCUT2D eigenvalue weighted by Crippen LogP contribution is 2.27. The third-order valence-electron chi connectivity index (χ3n) is 3.83. The Hall–Kier alpha value is -1.47. The van der Waals surface area contributed by atoms with Gasteiger partial charge in [0.05, 0.1) is 23.6 Å². The van der Waals surface area contributed by atoms with Crippen LogP contribution in [0.2, 0.25) is 0 Å². The fourth-order valence-electron chi connectivity index (χ4n) is 2.58. The maximum Gasteiger partial charge on any atom is 0.223 e. The zero-order valence-corrected chi connectivity index (χ0v) is 13.4. The lowest BCUT2D eigenvalue weighted by molar-refractivity contribution is 0.126. The predicted octanol–water partition coefficient (Wildman–Crippen LogP) is 2.36. The molecular weight excluding hydrogens is 334 g/mol. The highest BCUT2D eigenvalue weighted by molar-refractivity contribution is 9.10. The molecule has 2 heterocycles. The second-order valence-corrected chi connectivity index (χ2v) is 6.14. The SMILES string of the molecule is Cn1ncc(-c2ccnc(N[C@H]3CC[C@H](O)CC3)n2)c1Br. The van der Waals surface area contributed by atoms with Crippen LogP contribution >= 0.6 is 15.9 Å². The molecular formula is C14H18BrN5O. The van der Waals surface area contributed by atoms with E-state index in [4.69, 9.17) is 0 Å². The molecule has 2 aromatic rings. The summed E-state index contributed by atoms with van der Waals surface area (Å²) in [5, 5.41) is 17.1. The van der Waals surface area contributed by atoms with Crippen molar-refractivity contribution in [2.75, 3.05) is 5.32 Å². The Labute approximate surface area is 131 Å². The first-order valence-electron chi connectivity index (χ1n) is 7.09. The van der Waals surface area contributed by atoms with Crippen LogP contribution in [0.25, 0.3) is 11.3 Å². The van der Waals surface area contributed by atoms with Crippen molar-refractivity contribution in [1.82, 2.24) is 19.7 Å². The fraction of sp³-hybridized carbons (Fsp3) is 0.500. The maximum absolute atomic E-state index is 9.55. The van der Waals surface area contributed by atoms with Gasteiger partial charge in [0.2, 0.25) is 5.95 Å². The summed E-state index contributed by atoms with van der Waals surface area (Å²) < 4.78 is 2.65. The molecule has 7 heteroatoms. The molecule has 2 N–H and O–H groups in total. The van der Waals surface area contributed by atoms with Crippen LogP contribution in [0, 0.1) is 0 Å². The average Bonchev–Trinajstić information content (AvgIpc) is 2.82. The lowest BCUT2D eigenvalue weighted by Gasteiger charge is -2.26. The van der Waals surface area contributed by atoms with Crippen molar-refractivity contribution in [3.05, 3.63) is 23.1 Å². The Morgan fingerprint density at radius 2 is 2.10 bits per heavy atom. The number of nitrogens with one attached hydrogen (secondary N) is 1. The van der Waals surface area contributed by atoms with Gasteiger partial charge in [-0.15, -0.1) is 0 Å². The third kappa shape index (κ3) is 3.24. The molecule has 2 aromatic heterocycles. The van der Waals surface area contributed by atoms with Crippen LogP contribution in [-0.4, -0.2) is 37.0 Å². The van der Waals surface area contributed by atoms with Gasteiger partial charge in [-0.25, -0.2) is 9.97 Å². The number of aryl methyl sites for hydroxylation is 1. The molecule has 0 bridgehead atoms. The van der Waals surface area contributed by atoms with Gasteiger partial charge in [0.1, 0.15) is 4.60 Å². The van der Waals surface area contributed by atoms with Crippen LogP contribution in [-0.2, 0) is 7.05 Å². The number of rotatable bonds is 3. The van der Waals surface area contributed by atoms with E-state index in [0.29, 0.717) is 12.0 Å². The second kappa shape index (κ2) is 6.11. The van der Waals surface area contributed by atoms with Gasteiger partial charge in [-0.1, -0.05) is 0 Å².